The maximum atomic E-state index is 5.53. The molecule has 2 heteroatoms. The fourth-order valence-corrected chi connectivity index (χ4v) is 2.02. The van der Waals surface area contributed by atoms with Crippen molar-refractivity contribution in [2.24, 2.45) is 11.1 Å². The van der Waals surface area contributed by atoms with E-state index in [0.29, 0.717) is 6.54 Å². The highest BCUT2D eigenvalue weighted by atomic mass is 16.5. The topological polar surface area (TPSA) is 35.2 Å². The van der Waals surface area contributed by atoms with Gasteiger partial charge in [0.1, 0.15) is 0 Å². The molecule has 1 saturated carbocycles. The molecule has 2 aliphatic heterocycles. The molecule has 0 aromatic carbocycles. The van der Waals surface area contributed by atoms with Crippen molar-refractivity contribution in [1.29, 1.82) is 0 Å². The highest BCUT2D eigenvalue weighted by Crippen LogP contribution is 2.56. The summed E-state index contributed by atoms with van der Waals surface area (Å²) in [7, 11) is 0. The Kier molecular flexibility index (Phi) is 0.964. The zero-order chi connectivity index (χ0) is 7.24. The van der Waals surface area contributed by atoms with E-state index in [1.165, 1.54) is 0 Å². The van der Waals surface area contributed by atoms with Crippen molar-refractivity contribution < 1.29 is 4.74 Å². The zero-order valence-corrected chi connectivity index (χ0v) is 5.89. The summed E-state index contributed by atoms with van der Waals surface area (Å²) in [6.07, 6.45) is 7.31. The lowest BCUT2D eigenvalue weighted by Gasteiger charge is -2.40. The van der Waals surface area contributed by atoms with Crippen LogP contribution in [0.2, 0.25) is 0 Å². The molecule has 2 heterocycles. The largest absolute Gasteiger partial charge is 0.372 e. The molecule has 1 aliphatic carbocycles. The fourth-order valence-electron chi connectivity index (χ4n) is 2.02. The summed E-state index contributed by atoms with van der Waals surface area (Å²) in [6.45, 7) is 1.34. The lowest BCUT2D eigenvalue weighted by molar-refractivity contribution is 0.00344. The quantitative estimate of drug-likeness (QED) is 0.521. The van der Waals surface area contributed by atoms with Crippen molar-refractivity contribution in [2.75, 3.05) is 13.2 Å². The standard InChI is InChI=1S/C8H11NO/c1-2-7-3-8(4-7,5-9)10-6-7/h1H,3-6,9H2. The van der Waals surface area contributed by atoms with Crippen LogP contribution in [0.4, 0.5) is 0 Å². The van der Waals surface area contributed by atoms with Crippen LogP contribution < -0.4 is 5.73 Å². The fraction of sp³-hybridized carbons (Fsp3) is 0.750. The maximum Gasteiger partial charge on any atom is 0.0835 e. The molecule has 3 aliphatic rings. The Morgan fingerprint density at radius 1 is 1.60 bits per heavy atom. The smallest absolute Gasteiger partial charge is 0.0835 e. The van der Waals surface area contributed by atoms with Gasteiger partial charge in [0, 0.05) is 6.54 Å². The number of rotatable bonds is 1. The summed E-state index contributed by atoms with van der Waals surface area (Å²) >= 11 is 0. The Morgan fingerprint density at radius 2 is 2.30 bits per heavy atom. The van der Waals surface area contributed by atoms with Gasteiger partial charge in [0.15, 0.2) is 0 Å². The highest BCUT2D eigenvalue weighted by Gasteiger charge is 2.60. The van der Waals surface area contributed by atoms with Crippen molar-refractivity contribution in [1.82, 2.24) is 0 Å². The lowest BCUT2D eigenvalue weighted by atomic mass is 9.63. The molecule has 0 aromatic rings. The molecule has 0 unspecified atom stereocenters. The molecule has 0 atom stereocenters. The molecule has 3 rings (SSSR count). The van der Waals surface area contributed by atoms with Crippen molar-refractivity contribution >= 4 is 0 Å². The van der Waals surface area contributed by atoms with Crippen LogP contribution in [-0.2, 0) is 4.74 Å². The molecule has 0 aromatic heterocycles. The molecular formula is C8H11NO. The zero-order valence-electron chi connectivity index (χ0n) is 5.89. The van der Waals surface area contributed by atoms with Crippen molar-refractivity contribution in [2.45, 2.75) is 18.4 Å². The van der Waals surface area contributed by atoms with Gasteiger partial charge in [0.2, 0.25) is 0 Å². The molecule has 10 heavy (non-hydrogen) atoms. The third-order valence-corrected chi connectivity index (χ3v) is 2.65. The van der Waals surface area contributed by atoms with E-state index in [0.717, 1.165) is 19.4 Å². The van der Waals surface area contributed by atoms with E-state index in [4.69, 9.17) is 16.9 Å². The Bertz CT molecular complexity index is 198. The van der Waals surface area contributed by atoms with Gasteiger partial charge in [0.05, 0.1) is 17.6 Å². The summed E-state index contributed by atoms with van der Waals surface area (Å²) in [4.78, 5) is 0. The molecule has 0 spiro atoms. The van der Waals surface area contributed by atoms with Gasteiger partial charge in [-0.05, 0) is 12.8 Å². The molecule has 0 radical (unpaired) electrons. The highest BCUT2D eigenvalue weighted by molar-refractivity contribution is 5.23. The first-order chi connectivity index (χ1) is 4.74. The first-order valence-electron chi connectivity index (χ1n) is 3.56. The van der Waals surface area contributed by atoms with Crippen LogP contribution >= 0.6 is 0 Å². The Balaban J connectivity index is 2.15. The number of terminal acetylenes is 1. The van der Waals surface area contributed by atoms with Crippen LogP contribution in [0.5, 0.6) is 0 Å². The van der Waals surface area contributed by atoms with Gasteiger partial charge in [-0.3, -0.25) is 0 Å². The monoisotopic (exact) mass is 137 g/mol. The Morgan fingerprint density at radius 3 is 2.60 bits per heavy atom. The minimum Gasteiger partial charge on any atom is -0.372 e. The molecule has 2 N–H and O–H groups in total. The summed E-state index contributed by atoms with van der Waals surface area (Å²) in [6, 6.07) is 0. The second-order valence-corrected chi connectivity index (χ2v) is 3.45. The van der Waals surface area contributed by atoms with Gasteiger partial charge in [-0.2, -0.15) is 0 Å². The van der Waals surface area contributed by atoms with Gasteiger partial charge in [0.25, 0.3) is 0 Å². The second kappa shape index (κ2) is 1.55. The summed E-state index contributed by atoms with van der Waals surface area (Å²) in [5.74, 6) is 2.78. The average molecular weight is 137 g/mol. The van der Waals surface area contributed by atoms with E-state index >= 15 is 0 Å². The minimum atomic E-state index is -0.0215. The first kappa shape index (κ1) is 6.21. The minimum absolute atomic E-state index is 0.0215. The van der Waals surface area contributed by atoms with Gasteiger partial charge < -0.3 is 10.5 Å². The van der Waals surface area contributed by atoms with Gasteiger partial charge >= 0.3 is 0 Å². The van der Waals surface area contributed by atoms with Crippen LogP contribution in [0.25, 0.3) is 0 Å². The summed E-state index contributed by atoms with van der Waals surface area (Å²) in [5.41, 5.74) is 5.57. The van der Waals surface area contributed by atoms with Crippen LogP contribution in [0.15, 0.2) is 0 Å². The van der Waals surface area contributed by atoms with E-state index in [9.17, 15) is 0 Å². The van der Waals surface area contributed by atoms with Crippen LogP contribution in [-0.4, -0.2) is 18.8 Å². The SMILES string of the molecule is C#CC12COC(CN)(C1)C2. The van der Waals surface area contributed by atoms with E-state index in [1.54, 1.807) is 0 Å². The van der Waals surface area contributed by atoms with Crippen LogP contribution in [0.3, 0.4) is 0 Å². The Labute approximate surface area is 60.7 Å². The molecule has 0 amide bonds. The molecule has 2 bridgehead atoms. The number of fused-ring (bicyclic) bond motifs is 1. The lowest BCUT2D eigenvalue weighted by Crippen LogP contribution is -2.48. The summed E-state index contributed by atoms with van der Waals surface area (Å²) in [5, 5.41) is 0. The van der Waals surface area contributed by atoms with Crippen molar-refractivity contribution in [3.8, 4) is 12.3 Å². The van der Waals surface area contributed by atoms with Gasteiger partial charge in [-0.1, -0.05) is 5.92 Å². The van der Waals surface area contributed by atoms with E-state index in [2.05, 4.69) is 5.92 Å². The number of hydrogen-bond donors (Lipinski definition) is 1. The third-order valence-electron chi connectivity index (χ3n) is 2.65. The van der Waals surface area contributed by atoms with Gasteiger partial charge in [-0.25, -0.2) is 0 Å². The van der Waals surface area contributed by atoms with Crippen LogP contribution in [0.1, 0.15) is 12.8 Å². The molecule has 3 fully saturated rings. The van der Waals surface area contributed by atoms with Gasteiger partial charge in [-0.15, -0.1) is 6.42 Å². The molecule has 54 valence electrons. The predicted octanol–water partition coefficient (Wildman–Crippen LogP) is 0.127. The first-order valence-corrected chi connectivity index (χ1v) is 3.56. The normalized spacial score (nSPS) is 50.0. The average Bonchev–Trinajstić information content (AvgIpc) is 2.40. The third kappa shape index (κ3) is 0.524. The van der Waals surface area contributed by atoms with Crippen molar-refractivity contribution in [3.05, 3.63) is 0 Å². The van der Waals surface area contributed by atoms with E-state index < -0.39 is 0 Å². The second-order valence-electron chi connectivity index (χ2n) is 3.45. The number of hydrogen-bond acceptors (Lipinski definition) is 2. The summed E-state index contributed by atoms with van der Waals surface area (Å²) < 4.78 is 5.49. The Hall–Kier alpha value is -0.520. The predicted molar refractivity (Wildman–Crippen MR) is 38.2 cm³/mol. The molecule has 2 nitrogen and oxygen atoms in total. The van der Waals surface area contributed by atoms with E-state index in [-0.39, 0.29) is 11.0 Å². The molecule has 2 saturated heterocycles. The number of nitrogens with two attached hydrogens (primary N) is 1. The number of ether oxygens (including phenoxy) is 1. The van der Waals surface area contributed by atoms with Crippen molar-refractivity contribution in [3.63, 3.8) is 0 Å². The van der Waals surface area contributed by atoms with Crippen LogP contribution in [0, 0.1) is 17.8 Å². The maximum absolute atomic E-state index is 5.53. The van der Waals surface area contributed by atoms with E-state index in [1.807, 2.05) is 0 Å². The molecular weight excluding hydrogens is 126 g/mol.